The standard InChI is InChI=1S/C24H14ClIN4O8S/c1-37-20-9-12(7-16-22(31)27-24(39)28(23(16)32)14-4-2-3-13(25)10-14)8-17(26)21(20)38-19-6-5-15(29(33)34)11-18(19)30(35)36/h2-11H,1H3,(H,27,31,39)/b16-7+. The van der Waals surface area contributed by atoms with E-state index in [1.807, 2.05) is 22.6 Å². The van der Waals surface area contributed by atoms with Gasteiger partial charge in [-0.15, -0.1) is 0 Å². The second-order valence-corrected chi connectivity index (χ2v) is 9.73. The van der Waals surface area contributed by atoms with Crippen molar-refractivity contribution in [1.82, 2.24) is 5.32 Å². The molecule has 0 saturated carbocycles. The van der Waals surface area contributed by atoms with Crippen LogP contribution in [0.25, 0.3) is 6.08 Å². The second kappa shape index (κ2) is 11.3. The van der Waals surface area contributed by atoms with Crippen LogP contribution in [-0.2, 0) is 9.59 Å². The van der Waals surface area contributed by atoms with Gasteiger partial charge in [0.1, 0.15) is 5.57 Å². The number of nitro benzene ring substituents is 2. The fourth-order valence-corrected chi connectivity index (χ4v) is 4.76. The Morgan fingerprint density at radius 1 is 1.05 bits per heavy atom. The Balaban J connectivity index is 1.72. The van der Waals surface area contributed by atoms with Crippen LogP contribution in [0.15, 0.2) is 60.2 Å². The molecule has 0 spiro atoms. The number of ether oxygens (including phenoxy) is 2. The summed E-state index contributed by atoms with van der Waals surface area (Å²) in [5, 5.41) is 25.3. The Labute approximate surface area is 243 Å². The normalized spacial score (nSPS) is 14.3. The molecule has 1 fully saturated rings. The average molecular weight is 681 g/mol. The van der Waals surface area contributed by atoms with Crippen LogP contribution in [0, 0.1) is 23.8 Å². The van der Waals surface area contributed by atoms with E-state index in [1.165, 1.54) is 25.3 Å². The number of non-ortho nitro benzene ring substituents is 1. The van der Waals surface area contributed by atoms with Crippen LogP contribution >= 0.6 is 46.4 Å². The molecular weight excluding hydrogens is 667 g/mol. The summed E-state index contributed by atoms with van der Waals surface area (Å²) in [6.07, 6.45) is 1.33. The molecule has 0 bridgehead atoms. The van der Waals surface area contributed by atoms with E-state index in [1.54, 1.807) is 24.3 Å². The summed E-state index contributed by atoms with van der Waals surface area (Å²) in [4.78, 5) is 48.1. The van der Waals surface area contributed by atoms with Crippen molar-refractivity contribution in [2.24, 2.45) is 0 Å². The smallest absolute Gasteiger partial charge is 0.318 e. The minimum Gasteiger partial charge on any atom is -0.493 e. The minimum atomic E-state index is -0.802. The molecule has 4 rings (SSSR count). The number of nitrogens with one attached hydrogen (secondary N) is 1. The number of thiocarbonyl (C=S) groups is 1. The number of carbonyl (C=O) groups is 2. The summed E-state index contributed by atoms with van der Waals surface area (Å²) in [5.41, 5.74) is -0.571. The highest BCUT2D eigenvalue weighted by Gasteiger charge is 2.34. The Morgan fingerprint density at radius 3 is 2.44 bits per heavy atom. The van der Waals surface area contributed by atoms with Crippen LogP contribution in [0.2, 0.25) is 5.02 Å². The van der Waals surface area contributed by atoms with E-state index in [4.69, 9.17) is 33.3 Å². The van der Waals surface area contributed by atoms with Gasteiger partial charge in [0.2, 0.25) is 5.75 Å². The molecule has 3 aromatic carbocycles. The average Bonchev–Trinajstić information content (AvgIpc) is 2.87. The first-order valence-corrected chi connectivity index (χ1v) is 12.5. The molecule has 0 atom stereocenters. The highest BCUT2D eigenvalue weighted by atomic mass is 127. The molecule has 15 heteroatoms. The lowest BCUT2D eigenvalue weighted by Gasteiger charge is -2.29. The summed E-state index contributed by atoms with van der Waals surface area (Å²) in [6.45, 7) is 0. The number of hydrogen-bond acceptors (Lipinski definition) is 9. The maximum absolute atomic E-state index is 13.3. The van der Waals surface area contributed by atoms with Gasteiger partial charge in [0.25, 0.3) is 17.5 Å². The van der Waals surface area contributed by atoms with Crippen molar-refractivity contribution >= 4 is 86.5 Å². The van der Waals surface area contributed by atoms with Crippen molar-refractivity contribution in [3.8, 4) is 17.2 Å². The molecule has 2 amide bonds. The Hall–Kier alpha value is -4.15. The quantitative estimate of drug-likeness (QED) is 0.0864. The first kappa shape index (κ1) is 27.9. The first-order chi connectivity index (χ1) is 18.5. The van der Waals surface area contributed by atoms with Gasteiger partial charge in [-0.2, -0.15) is 0 Å². The molecule has 0 radical (unpaired) electrons. The summed E-state index contributed by atoms with van der Waals surface area (Å²) in [7, 11) is 1.33. The number of nitrogens with zero attached hydrogens (tertiary/aromatic N) is 3. The van der Waals surface area contributed by atoms with E-state index in [9.17, 15) is 29.8 Å². The lowest BCUT2D eigenvalue weighted by Crippen LogP contribution is -2.54. The highest BCUT2D eigenvalue weighted by molar-refractivity contribution is 14.1. The van der Waals surface area contributed by atoms with Gasteiger partial charge in [0.15, 0.2) is 16.6 Å². The van der Waals surface area contributed by atoms with Crippen molar-refractivity contribution < 1.29 is 28.9 Å². The molecule has 198 valence electrons. The van der Waals surface area contributed by atoms with Crippen molar-refractivity contribution in [3.05, 3.63) is 94.6 Å². The molecule has 0 aliphatic carbocycles. The van der Waals surface area contributed by atoms with Crippen LogP contribution in [-0.4, -0.2) is 33.9 Å². The number of anilines is 1. The van der Waals surface area contributed by atoms with Gasteiger partial charge in [-0.3, -0.25) is 40.0 Å². The molecule has 0 aromatic heterocycles. The molecule has 0 unspecified atom stereocenters. The molecule has 39 heavy (non-hydrogen) atoms. The van der Waals surface area contributed by atoms with Gasteiger partial charge < -0.3 is 9.47 Å². The highest BCUT2D eigenvalue weighted by Crippen LogP contribution is 2.41. The van der Waals surface area contributed by atoms with Crippen molar-refractivity contribution in [2.45, 2.75) is 0 Å². The number of amides is 2. The topological polar surface area (TPSA) is 154 Å². The molecule has 1 aliphatic heterocycles. The molecule has 1 heterocycles. The van der Waals surface area contributed by atoms with E-state index < -0.39 is 33.0 Å². The van der Waals surface area contributed by atoms with Crippen molar-refractivity contribution in [1.29, 1.82) is 0 Å². The fraction of sp³-hybridized carbons (Fsp3) is 0.0417. The predicted octanol–water partition coefficient (Wildman–Crippen LogP) is 5.39. The summed E-state index contributed by atoms with van der Waals surface area (Å²) in [6, 6.07) is 12.4. The largest absolute Gasteiger partial charge is 0.493 e. The predicted molar refractivity (Wildman–Crippen MR) is 153 cm³/mol. The van der Waals surface area contributed by atoms with Crippen molar-refractivity contribution in [3.63, 3.8) is 0 Å². The second-order valence-electron chi connectivity index (χ2n) is 7.74. The Bertz CT molecular complexity index is 1610. The molecule has 1 saturated heterocycles. The summed E-state index contributed by atoms with van der Waals surface area (Å²) < 4.78 is 11.5. The lowest BCUT2D eigenvalue weighted by molar-refractivity contribution is -0.394. The van der Waals surface area contributed by atoms with E-state index >= 15 is 0 Å². The van der Waals surface area contributed by atoms with Crippen LogP contribution in [0.4, 0.5) is 17.1 Å². The number of carbonyl (C=O) groups excluding carboxylic acids is 2. The van der Waals surface area contributed by atoms with E-state index in [2.05, 4.69) is 5.32 Å². The number of benzene rings is 3. The Morgan fingerprint density at radius 2 is 1.79 bits per heavy atom. The van der Waals surface area contributed by atoms with Gasteiger partial charge in [0, 0.05) is 11.1 Å². The van der Waals surface area contributed by atoms with Gasteiger partial charge in [-0.1, -0.05) is 17.7 Å². The van der Waals surface area contributed by atoms with Crippen LogP contribution in [0.1, 0.15) is 5.56 Å². The number of rotatable bonds is 7. The third-order valence-corrected chi connectivity index (χ3v) is 6.61. The van der Waals surface area contributed by atoms with E-state index in [0.717, 1.165) is 23.1 Å². The number of halogens is 2. The first-order valence-electron chi connectivity index (χ1n) is 10.7. The van der Waals surface area contributed by atoms with Crippen LogP contribution in [0.5, 0.6) is 17.2 Å². The number of nitro groups is 2. The molecule has 12 nitrogen and oxygen atoms in total. The zero-order valence-electron chi connectivity index (χ0n) is 19.5. The zero-order valence-corrected chi connectivity index (χ0v) is 23.3. The Kier molecular flexibility index (Phi) is 8.08. The fourth-order valence-electron chi connectivity index (χ4n) is 3.55. The van der Waals surface area contributed by atoms with E-state index in [-0.39, 0.29) is 27.9 Å². The summed E-state index contributed by atoms with van der Waals surface area (Å²) in [5.74, 6) is -1.44. The zero-order chi connectivity index (χ0) is 28.4. The van der Waals surface area contributed by atoms with Crippen LogP contribution in [0.3, 0.4) is 0 Å². The van der Waals surface area contributed by atoms with Gasteiger partial charge in [-0.25, -0.2) is 0 Å². The molecule has 1 N–H and O–H groups in total. The third-order valence-electron chi connectivity index (χ3n) is 5.29. The monoisotopic (exact) mass is 680 g/mol. The number of methoxy groups -OCH3 is 1. The molecular formula is C24H14ClIN4O8S. The maximum atomic E-state index is 13.3. The van der Waals surface area contributed by atoms with Gasteiger partial charge in [-0.05, 0) is 82.8 Å². The van der Waals surface area contributed by atoms with Gasteiger partial charge >= 0.3 is 5.69 Å². The van der Waals surface area contributed by atoms with E-state index in [0.29, 0.717) is 19.8 Å². The SMILES string of the molecule is COc1cc(/C=C2\C(=O)NC(=S)N(c3cccc(Cl)c3)C2=O)cc(I)c1Oc1ccc([N+](=O)[O-])cc1[N+](=O)[O-]. The lowest BCUT2D eigenvalue weighted by atomic mass is 10.1. The van der Waals surface area contributed by atoms with Gasteiger partial charge in [0.05, 0.1) is 32.3 Å². The molecule has 1 aliphatic rings. The van der Waals surface area contributed by atoms with Crippen molar-refractivity contribution in [2.75, 3.05) is 12.0 Å². The summed E-state index contributed by atoms with van der Waals surface area (Å²) >= 11 is 13.1. The third kappa shape index (κ3) is 5.81. The number of hydrogen-bond donors (Lipinski definition) is 1. The van der Waals surface area contributed by atoms with Crippen LogP contribution < -0.4 is 19.7 Å². The maximum Gasteiger partial charge on any atom is 0.318 e. The molecule has 3 aromatic rings. The minimum absolute atomic E-state index is 0.0818.